The number of pyridine rings is 2. The van der Waals surface area contributed by atoms with Crippen LogP contribution in [0.5, 0.6) is 0 Å². The lowest BCUT2D eigenvalue weighted by Crippen LogP contribution is -2.16. The number of aromatic nitrogens is 2. The van der Waals surface area contributed by atoms with E-state index in [1.165, 1.54) is 65.7 Å². The Hall–Kier alpha value is -5.60. The Labute approximate surface area is 262 Å². The molecule has 0 radical (unpaired) electrons. The molecule has 212 valence electrons. The van der Waals surface area contributed by atoms with Gasteiger partial charge >= 0.3 is 0 Å². The molecule has 0 amide bonds. The van der Waals surface area contributed by atoms with E-state index in [2.05, 4.69) is 134 Å². The highest BCUT2D eigenvalue weighted by molar-refractivity contribution is 6.20. The second kappa shape index (κ2) is 9.70. The van der Waals surface area contributed by atoms with Crippen molar-refractivity contribution in [2.75, 3.05) is 0 Å². The van der Waals surface area contributed by atoms with Crippen LogP contribution in [-0.4, -0.2) is 9.97 Å². The molecule has 0 saturated heterocycles. The molecule has 1 aliphatic carbocycles. The molecule has 6 aromatic carbocycles. The molecule has 45 heavy (non-hydrogen) atoms. The first-order chi connectivity index (χ1) is 22.1. The molecule has 1 aliphatic rings. The summed E-state index contributed by atoms with van der Waals surface area (Å²) in [5.41, 5.74) is 11.6. The number of hydrogen-bond acceptors (Lipinski definition) is 2. The predicted molar refractivity (Wildman–Crippen MR) is 188 cm³/mol. The van der Waals surface area contributed by atoms with Crippen molar-refractivity contribution < 1.29 is 0 Å². The molecular weight excluding hydrogens is 544 g/mol. The van der Waals surface area contributed by atoms with Crippen molar-refractivity contribution >= 4 is 32.3 Å². The van der Waals surface area contributed by atoms with E-state index in [0.29, 0.717) is 0 Å². The lowest BCUT2D eigenvalue weighted by molar-refractivity contribution is 0.672. The zero-order chi connectivity index (χ0) is 30.1. The number of hydrogen-bond donors (Lipinski definition) is 0. The largest absolute Gasteiger partial charge is 0.255 e. The summed E-state index contributed by atoms with van der Waals surface area (Å²) in [4.78, 5) is 9.69. The van der Waals surface area contributed by atoms with Gasteiger partial charge in [0.1, 0.15) is 0 Å². The van der Waals surface area contributed by atoms with E-state index in [9.17, 15) is 0 Å². The number of fused-ring (bicyclic) bond motifs is 10. The van der Waals surface area contributed by atoms with Gasteiger partial charge in [-0.2, -0.15) is 0 Å². The maximum absolute atomic E-state index is 5.12. The second-order valence-corrected chi connectivity index (χ2v) is 12.5. The van der Waals surface area contributed by atoms with Crippen molar-refractivity contribution in [1.29, 1.82) is 0 Å². The van der Waals surface area contributed by atoms with Crippen LogP contribution in [0.1, 0.15) is 25.0 Å². The molecule has 0 bridgehead atoms. The van der Waals surface area contributed by atoms with Gasteiger partial charge in [0.25, 0.3) is 0 Å². The number of rotatable bonds is 3. The van der Waals surface area contributed by atoms with Crippen molar-refractivity contribution in [2.45, 2.75) is 19.3 Å². The Bertz CT molecular complexity index is 2450. The highest BCUT2D eigenvalue weighted by Gasteiger charge is 2.40. The maximum atomic E-state index is 5.12. The van der Waals surface area contributed by atoms with Gasteiger partial charge in [-0.25, -0.2) is 4.98 Å². The van der Waals surface area contributed by atoms with Crippen LogP contribution in [0.15, 0.2) is 146 Å². The maximum Gasteiger partial charge on any atom is 0.0893 e. The van der Waals surface area contributed by atoms with Crippen LogP contribution in [-0.2, 0) is 5.41 Å². The van der Waals surface area contributed by atoms with Crippen LogP contribution >= 0.6 is 0 Å². The molecule has 0 unspecified atom stereocenters. The van der Waals surface area contributed by atoms with E-state index >= 15 is 0 Å². The van der Waals surface area contributed by atoms with Crippen LogP contribution in [0.4, 0.5) is 0 Å². The van der Waals surface area contributed by atoms with Gasteiger partial charge in [-0.15, -0.1) is 0 Å². The van der Waals surface area contributed by atoms with E-state index in [0.717, 1.165) is 22.6 Å². The van der Waals surface area contributed by atoms with Crippen molar-refractivity contribution in [2.24, 2.45) is 0 Å². The fourth-order valence-electron chi connectivity index (χ4n) is 7.85. The highest BCUT2D eigenvalue weighted by atomic mass is 14.8. The summed E-state index contributed by atoms with van der Waals surface area (Å²) in [6.45, 7) is 4.82. The van der Waals surface area contributed by atoms with Gasteiger partial charge in [-0.3, -0.25) is 4.98 Å². The van der Waals surface area contributed by atoms with Crippen LogP contribution in [0.3, 0.4) is 0 Å². The quantitative estimate of drug-likeness (QED) is 0.196. The third-order valence-electron chi connectivity index (χ3n) is 9.67. The molecular formula is C43H30N2. The lowest BCUT2D eigenvalue weighted by Gasteiger charge is -2.26. The summed E-state index contributed by atoms with van der Waals surface area (Å²) in [5.74, 6) is 0. The third kappa shape index (κ3) is 3.76. The van der Waals surface area contributed by atoms with Gasteiger partial charge in [0, 0.05) is 17.2 Å². The average molecular weight is 575 g/mol. The van der Waals surface area contributed by atoms with E-state index in [4.69, 9.17) is 4.98 Å². The predicted octanol–water partition coefficient (Wildman–Crippen LogP) is 11.2. The van der Waals surface area contributed by atoms with E-state index < -0.39 is 0 Å². The highest BCUT2D eigenvalue weighted by Crippen LogP contribution is 2.57. The number of nitrogens with zero attached hydrogens (tertiary/aromatic N) is 2. The first-order valence-corrected chi connectivity index (χ1v) is 15.6. The Kier molecular flexibility index (Phi) is 5.58. The summed E-state index contributed by atoms with van der Waals surface area (Å²) in [6.07, 6.45) is 1.82. The molecule has 2 heteroatoms. The fourth-order valence-corrected chi connectivity index (χ4v) is 7.85. The summed E-state index contributed by atoms with van der Waals surface area (Å²) in [5, 5.41) is 7.86. The van der Waals surface area contributed by atoms with E-state index in [1.54, 1.807) is 0 Å². The van der Waals surface area contributed by atoms with E-state index in [1.807, 2.05) is 30.5 Å². The minimum absolute atomic E-state index is 0.176. The Balaban J connectivity index is 1.37. The summed E-state index contributed by atoms with van der Waals surface area (Å²) >= 11 is 0. The lowest BCUT2D eigenvalue weighted by atomic mass is 9.77. The van der Waals surface area contributed by atoms with Crippen LogP contribution in [0, 0.1) is 0 Å². The smallest absolute Gasteiger partial charge is 0.0893 e. The Morgan fingerprint density at radius 1 is 0.400 bits per heavy atom. The normalized spacial score (nSPS) is 13.3. The van der Waals surface area contributed by atoms with Gasteiger partial charge in [0.05, 0.1) is 17.1 Å². The topological polar surface area (TPSA) is 25.8 Å². The fraction of sp³-hybridized carbons (Fsp3) is 0.0698. The zero-order valence-corrected chi connectivity index (χ0v) is 25.3. The molecule has 2 heterocycles. The van der Waals surface area contributed by atoms with Crippen molar-refractivity contribution in [1.82, 2.24) is 9.97 Å². The van der Waals surface area contributed by atoms with Crippen LogP contribution in [0.25, 0.3) is 77.2 Å². The van der Waals surface area contributed by atoms with Crippen molar-refractivity contribution in [3.05, 3.63) is 157 Å². The first-order valence-electron chi connectivity index (χ1n) is 15.6. The minimum Gasteiger partial charge on any atom is -0.255 e. The molecule has 0 aliphatic heterocycles. The second-order valence-electron chi connectivity index (χ2n) is 12.5. The van der Waals surface area contributed by atoms with Crippen LogP contribution in [0.2, 0.25) is 0 Å². The molecule has 0 atom stereocenters. The SMILES string of the molecule is CC1(C)c2c(cc(-c3ccccc3-c3cccc(-c4ccccn4)n3)c3ccccc23)-c2c1c1ccccc1c1ccccc21. The molecule has 8 aromatic rings. The van der Waals surface area contributed by atoms with Crippen molar-refractivity contribution in [3.8, 4) is 44.9 Å². The Morgan fingerprint density at radius 2 is 0.956 bits per heavy atom. The average Bonchev–Trinajstić information content (AvgIpc) is 3.35. The zero-order valence-electron chi connectivity index (χ0n) is 25.3. The van der Waals surface area contributed by atoms with Crippen molar-refractivity contribution in [3.63, 3.8) is 0 Å². The van der Waals surface area contributed by atoms with Gasteiger partial charge in [-0.1, -0.05) is 123 Å². The van der Waals surface area contributed by atoms with Gasteiger partial charge in [0.15, 0.2) is 0 Å². The number of benzene rings is 6. The Morgan fingerprint density at radius 3 is 1.69 bits per heavy atom. The van der Waals surface area contributed by atoms with Gasteiger partial charge in [0.2, 0.25) is 0 Å². The summed E-state index contributed by atoms with van der Waals surface area (Å²) in [6, 6.07) is 50.2. The summed E-state index contributed by atoms with van der Waals surface area (Å²) < 4.78 is 0. The van der Waals surface area contributed by atoms with Crippen LogP contribution < -0.4 is 0 Å². The monoisotopic (exact) mass is 574 g/mol. The standard InChI is InChI=1S/C43H30N2/c1-43(2)41-33-20-9-6-17-30(33)35(26-36(41)40-32-19-8-4-14-27(32)28-15-5-10-21-34(28)42(40)43)29-16-3-7-18-31(29)37-23-13-24-39(45-37)38-22-11-12-25-44-38/h3-26H,1-2H3. The van der Waals surface area contributed by atoms with E-state index in [-0.39, 0.29) is 5.41 Å². The summed E-state index contributed by atoms with van der Waals surface area (Å²) in [7, 11) is 0. The molecule has 0 saturated carbocycles. The molecule has 9 rings (SSSR count). The van der Waals surface area contributed by atoms with Gasteiger partial charge < -0.3 is 0 Å². The molecule has 0 fully saturated rings. The molecule has 2 nitrogen and oxygen atoms in total. The minimum atomic E-state index is -0.176. The first kappa shape index (κ1) is 25.9. The third-order valence-corrected chi connectivity index (χ3v) is 9.67. The molecule has 0 N–H and O–H groups in total. The molecule has 0 spiro atoms. The molecule has 2 aromatic heterocycles. The van der Waals surface area contributed by atoms with Gasteiger partial charge in [-0.05, 0) is 96.0 Å².